The lowest BCUT2D eigenvalue weighted by Crippen LogP contribution is -2.14. The van der Waals surface area contributed by atoms with E-state index < -0.39 is 29.0 Å². The number of hydrogen-bond donors (Lipinski definition) is 0. The summed E-state index contributed by atoms with van der Waals surface area (Å²) in [7, 11) is 0. The Morgan fingerprint density at radius 1 is 1.47 bits per heavy atom. The predicted molar refractivity (Wildman–Crippen MR) is 55.9 cm³/mol. The zero-order valence-electron chi connectivity index (χ0n) is 8.73. The fraction of sp³-hybridized carbons (Fsp3) is 0.273. The van der Waals surface area contributed by atoms with E-state index in [4.69, 9.17) is 16.9 Å². The molecule has 0 spiro atoms. The summed E-state index contributed by atoms with van der Waals surface area (Å²) in [6, 6.07) is 3.77. The number of Topliss-reactive ketones (excluding diaryl/α,β-unsaturated/α-hetero) is 1. The lowest BCUT2D eigenvalue weighted by molar-refractivity contribution is -0.138. The quantitative estimate of drug-likeness (QED) is 0.605. The summed E-state index contributed by atoms with van der Waals surface area (Å²) < 4.78 is 38.2. The van der Waals surface area contributed by atoms with Gasteiger partial charge in [-0.15, -0.1) is 11.6 Å². The second-order valence-electron chi connectivity index (χ2n) is 3.35. The average Bonchev–Trinajstić information content (AvgIpc) is 2.25. The van der Waals surface area contributed by atoms with Crippen LogP contribution in [0.15, 0.2) is 12.1 Å². The van der Waals surface area contributed by atoms with Crippen molar-refractivity contribution in [2.45, 2.75) is 13.1 Å². The van der Waals surface area contributed by atoms with Crippen molar-refractivity contribution < 1.29 is 18.0 Å². The van der Waals surface area contributed by atoms with E-state index in [1.807, 2.05) is 0 Å². The summed E-state index contributed by atoms with van der Waals surface area (Å²) in [4.78, 5) is 11.3. The molecule has 0 aliphatic carbocycles. The molecule has 0 aliphatic heterocycles. The molecule has 90 valence electrons. The van der Waals surface area contributed by atoms with Gasteiger partial charge in [0.25, 0.3) is 0 Å². The molecule has 0 aromatic heterocycles. The summed E-state index contributed by atoms with van der Waals surface area (Å²) in [5.74, 6) is -1.16. The number of nitrogens with zero attached hydrogens (tertiary/aromatic N) is 1. The summed E-state index contributed by atoms with van der Waals surface area (Å²) in [6.45, 7) is 1.23. The number of rotatable bonds is 2. The van der Waals surface area contributed by atoms with E-state index in [1.54, 1.807) is 0 Å². The van der Waals surface area contributed by atoms with Gasteiger partial charge >= 0.3 is 6.18 Å². The smallest absolute Gasteiger partial charge is 0.293 e. The third-order valence-corrected chi connectivity index (χ3v) is 2.47. The Balaban J connectivity index is 3.61. The normalized spacial score (nSPS) is 11.1. The zero-order valence-corrected chi connectivity index (χ0v) is 9.49. The van der Waals surface area contributed by atoms with Crippen LogP contribution in [0.1, 0.15) is 27.0 Å². The minimum Gasteiger partial charge on any atom is -0.293 e. The van der Waals surface area contributed by atoms with Gasteiger partial charge in [0, 0.05) is 5.56 Å². The van der Waals surface area contributed by atoms with E-state index in [1.165, 1.54) is 19.1 Å². The molecular formula is C11H7ClF3NO. The Bertz CT molecular complexity index is 503. The third kappa shape index (κ3) is 2.59. The number of benzene rings is 1. The van der Waals surface area contributed by atoms with E-state index in [-0.39, 0.29) is 11.1 Å². The van der Waals surface area contributed by atoms with Gasteiger partial charge in [0.1, 0.15) is 6.07 Å². The topological polar surface area (TPSA) is 40.9 Å². The molecule has 6 heteroatoms. The molecule has 0 saturated heterocycles. The number of aryl methyl sites for hydroxylation is 1. The van der Waals surface area contributed by atoms with Gasteiger partial charge in [-0.05, 0) is 18.6 Å². The highest BCUT2D eigenvalue weighted by molar-refractivity contribution is 6.30. The Kier molecular flexibility index (Phi) is 3.79. The van der Waals surface area contributed by atoms with Crippen molar-refractivity contribution in [1.29, 1.82) is 5.26 Å². The Hall–Kier alpha value is -1.54. The summed E-state index contributed by atoms with van der Waals surface area (Å²) in [5.41, 5.74) is -2.13. The first kappa shape index (κ1) is 13.5. The molecule has 0 aliphatic rings. The molecule has 1 aromatic carbocycles. The molecule has 0 atom stereocenters. The van der Waals surface area contributed by atoms with Gasteiger partial charge < -0.3 is 0 Å². The summed E-state index contributed by atoms with van der Waals surface area (Å²) >= 11 is 5.28. The van der Waals surface area contributed by atoms with Crippen molar-refractivity contribution in [1.82, 2.24) is 0 Å². The maximum Gasteiger partial charge on any atom is 0.417 e. The second kappa shape index (κ2) is 4.76. The second-order valence-corrected chi connectivity index (χ2v) is 3.61. The molecule has 0 bridgehead atoms. The van der Waals surface area contributed by atoms with Crippen molar-refractivity contribution in [3.8, 4) is 6.07 Å². The highest BCUT2D eigenvalue weighted by Gasteiger charge is 2.37. The van der Waals surface area contributed by atoms with E-state index in [0.29, 0.717) is 0 Å². The number of carbonyl (C=O) groups excluding carboxylic acids is 1. The van der Waals surface area contributed by atoms with Crippen LogP contribution in [-0.4, -0.2) is 11.7 Å². The maximum atomic E-state index is 12.7. The van der Waals surface area contributed by atoms with Crippen molar-refractivity contribution >= 4 is 17.4 Å². The monoisotopic (exact) mass is 261 g/mol. The van der Waals surface area contributed by atoms with Gasteiger partial charge in [0.15, 0.2) is 5.78 Å². The number of halogens is 4. The molecule has 0 radical (unpaired) electrons. The first-order valence-electron chi connectivity index (χ1n) is 4.53. The molecule has 0 N–H and O–H groups in total. The van der Waals surface area contributed by atoms with E-state index in [0.717, 1.165) is 6.07 Å². The number of alkyl halides is 4. The minimum atomic E-state index is -4.67. The van der Waals surface area contributed by atoms with Crippen LogP contribution in [0.2, 0.25) is 0 Å². The van der Waals surface area contributed by atoms with Crippen LogP contribution in [0.5, 0.6) is 0 Å². The lowest BCUT2D eigenvalue weighted by Gasteiger charge is -2.14. The molecule has 0 saturated carbocycles. The molecule has 0 unspecified atom stereocenters. The lowest BCUT2D eigenvalue weighted by atomic mass is 9.95. The molecular weight excluding hydrogens is 255 g/mol. The van der Waals surface area contributed by atoms with Crippen LogP contribution in [0, 0.1) is 18.3 Å². The predicted octanol–water partition coefficient (Wildman–Crippen LogP) is 3.31. The van der Waals surface area contributed by atoms with E-state index in [2.05, 4.69) is 0 Å². The van der Waals surface area contributed by atoms with Gasteiger partial charge in [-0.3, -0.25) is 4.79 Å². The van der Waals surface area contributed by atoms with Gasteiger partial charge in [0.2, 0.25) is 0 Å². The van der Waals surface area contributed by atoms with Gasteiger partial charge in [0.05, 0.1) is 17.0 Å². The number of ketones is 1. The fourth-order valence-electron chi connectivity index (χ4n) is 1.49. The van der Waals surface area contributed by atoms with Gasteiger partial charge in [-0.1, -0.05) is 6.07 Å². The third-order valence-electron chi connectivity index (χ3n) is 2.23. The van der Waals surface area contributed by atoms with Crippen molar-refractivity contribution in [2.75, 3.05) is 5.88 Å². The van der Waals surface area contributed by atoms with E-state index in [9.17, 15) is 18.0 Å². The number of hydrogen-bond acceptors (Lipinski definition) is 2. The van der Waals surface area contributed by atoms with Crippen molar-refractivity contribution in [3.05, 3.63) is 34.4 Å². The fourth-order valence-corrected chi connectivity index (χ4v) is 1.64. The van der Waals surface area contributed by atoms with Gasteiger partial charge in [-0.2, -0.15) is 18.4 Å². The Morgan fingerprint density at radius 3 is 2.47 bits per heavy atom. The van der Waals surface area contributed by atoms with Crippen LogP contribution in [0.3, 0.4) is 0 Å². The van der Waals surface area contributed by atoms with Gasteiger partial charge in [-0.25, -0.2) is 0 Å². The molecule has 1 rings (SSSR count). The Labute approximate surface area is 101 Å². The van der Waals surface area contributed by atoms with Crippen LogP contribution < -0.4 is 0 Å². The standard InChI is InChI=1S/C11H7ClF3NO/c1-6-2-3-7(9(17)4-12)8(5-16)10(6)11(13,14)15/h2-3H,4H2,1H3. The largest absolute Gasteiger partial charge is 0.417 e. The van der Waals surface area contributed by atoms with Crippen molar-refractivity contribution in [3.63, 3.8) is 0 Å². The first-order valence-corrected chi connectivity index (χ1v) is 5.06. The van der Waals surface area contributed by atoms with E-state index >= 15 is 0 Å². The molecule has 1 aromatic rings. The SMILES string of the molecule is Cc1ccc(C(=O)CCl)c(C#N)c1C(F)(F)F. The molecule has 0 amide bonds. The van der Waals surface area contributed by atoms with Crippen LogP contribution in [0.4, 0.5) is 13.2 Å². The molecule has 17 heavy (non-hydrogen) atoms. The maximum absolute atomic E-state index is 12.7. The van der Waals surface area contributed by atoms with Crippen LogP contribution >= 0.6 is 11.6 Å². The molecule has 0 fully saturated rings. The highest BCUT2D eigenvalue weighted by atomic mass is 35.5. The number of carbonyl (C=O) groups is 1. The first-order chi connectivity index (χ1) is 7.82. The minimum absolute atomic E-state index is 0.0971. The summed E-state index contributed by atoms with van der Waals surface area (Å²) in [6.07, 6.45) is -4.67. The average molecular weight is 262 g/mol. The molecule has 0 heterocycles. The summed E-state index contributed by atoms with van der Waals surface area (Å²) in [5, 5.41) is 8.79. The zero-order chi connectivity index (χ0) is 13.2. The highest BCUT2D eigenvalue weighted by Crippen LogP contribution is 2.35. The number of nitriles is 1. The van der Waals surface area contributed by atoms with Crippen LogP contribution in [-0.2, 0) is 6.18 Å². The van der Waals surface area contributed by atoms with Crippen molar-refractivity contribution in [2.24, 2.45) is 0 Å². The van der Waals surface area contributed by atoms with Crippen LogP contribution in [0.25, 0.3) is 0 Å². The Morgan fingerprint density at radius 2 is 2.06 bits per heavy atom. The molecule has 2 nitrogen and oxygen atoms in total.